The lowest BCUT2D eigenvalue weighted by Crippen LogP contribution is -2.59. The van der Waals surface area contributed by atoms with E-state index < -0.39 is 30.4 Å². The molecule has 36 heavy (non-hydrogen) atoms. The first kappa shape index (κ1) is 26.7. The summed E-state index contributed by atoms with van der Waals surface area (Å²) in [5.74, 6) is -0.857. The molecule has 0 saturated heterocycles. The topological polar surface area (TPSA) is 113 Å². The Balaban J connectivity index is 1.80. The van der Waals surface area contributed by atoms with Crippen molar-refractivity contribution in [1.82, 2.24) is 20.0 Å². The van der Waals surface area contributed by atoms with Crippen molar-refractivity contribution >= 4 is 23.7 Å². The van der Waals surface area contributed by atoms with Gasteiger partial charge in [0.1, 0.15) is 0 Å². The molecule has 1 amide bonds. The molecule has 0 radical (unpaired) electrons. The second-order valence-corrected chi connectivity index (χ2v) is 7.62. The van der Waals surface area contributed by atoms with Crippen molar-refractivity contribution in [2.24, 2.45) is 0 Å². The summed E-state index contributed by atoms with van der Waals surface area (Å²) in [6.07, 6.45) is -7.26. The Morgan fingerprint density at radius 1 is 1.06 bits per heavy atom. The Hall–Kier alpha value is -3.94. The molecule has 2 heterocycles. The van der Waals surface area contributed by atoms with Gasteiger partial charge in [-0.25, -0.2) is 5.10 Å². The van der Waals surface area contributed by atoms with Gasteiger partial charge in [0.05, 0.1) is 24.0 Å². The van der Waals surface area contributed by atoms with E-state index >= 15 is 0 Å². The van der Waals surface area contributed by atoms with Crippen LogP contribution in [0.4, 0.5) is 32.0 Å². The third-order valence-corrected chi connectivity index (χ3v) is 5.28. The van der Waals surface area contributed by atoms with Crippen molar-refractivity contribution in [2.75, 3.05) is 5.32 Å². The van der Waals surface area contributed by atoms with Crippen LogP contribution < -0.4 is 21.3 Å². The number of aliphatic hydroxyl groups is 1. The number of carbonyl (C=O) groups excluding carboxylic acids is 1. The van der Waals surface area contributed by atoms with Crippen LogP contribution in [0.2, 0.25) is 0 Å². The summed E-state index contributed by atoms with van der Waals surface area (Å²) in [6, 6.07) is 6.17. The third kappa shape index (κ3) is 5.03. The first-order valence-corrected chi connectivity index (χ1v) is 10.2. The van der Waals surface area contributed by atoms with E-state index in [1.54, 1.807) is 38.1 Å². The van der Waals surface area contributed by atoms with Gasteiger partial charge in [-0.3, -0.25) is 14.3 Å². The number of nitrogens with one attached hydrogen (secondary N) is 2. The summed E-state index contributed by atoms with van der Waals surface area (Å²) < 4.78 is 77.5. The average molecular weight is 515 g/mol. The number of nitrogens with zero attached hydrogens (tertiary/aromatic N) is 3. The van der Waals surface area contributed by atoms with Gasteiger partial charge in [0.15, 0.2) is 0 Å². The van der Waals surface area contributed by atoms with Crippen LogP contribution in [0, 0.1) is 0 Å². The van der Waals surface area contributed by atoms with Gasteiger partial charge in [-0.1, -0.05) is 24.3 Å². The normalized spacial score (nSPS) is 13.8. The van der Waals surface area contributed by atoms with Crippen molar-refractivity contribution in [2.45, 2.75) is 38.3 Å². The highest BCUT2D eigenvalue weighted by Crippen LogP contribution is 2.44. The van der Waals surface area contributed by atoms with Crippen molar-refractivity contribution in [3.8, 4) is 11.3 Å². The molecule has 3 aromatic rings. The van der Waals surface area contributed by atoms with Gasteiger partial charge in [-0.05, 0) is 26.0 Å². The third-order valence-electron chi connectivity index (χ3n) is 5.28. The zero-order chi connectivity index (χ0) is 26.9. The summed E-state index contributed by atoms with van der Waals surface area (Å²) in [5, 5.41) is 22.6. The van der Waals surface area contributed by atoms with Crippen molar-refractivity contribution in [3.05, 3.63) is 63.0 Å². The van der Waals surface area contributed by atoms with Crippen LogP contribution in [-0.4, -0.2) is 48.9 Å². The highest BCUT2D eigenvalue weighted by molar-refractivity contribution is 6.04. The van der Waals surface area contributed by atoms with Crippen molar-refractivity contribution in [1.29, 1.82) is 0 Å². The zero-order valence-electron chi connectivity index (χ0n) is 18.7. The summed E-state index contributed by atoms with van der Waals surface area (Å²) in [7, 11) is 0. The molecule has 8 nitrogen and oxygen atoms in total. The number of H-pyrrole nitrogens is 1. The molecule has 0 spiro atoms. The predicted molar refractivity (Wildman–Crippen MR) is 117 cm³/mol. The zero-order valence-corrected chi connectivity index (χ0v) is 18.7. The standard InChI is InChI=1S/C22H19F6N5O3/c1-3-15-16(4-2)19(35)32-31-17(15)12-5-7-14(8-6-12)30-18(34)13-9-29-33(10-13)11-20(36,21(23,24)25)22(26,27)28/h3-10,36H,11H2,1-2H3,(H,30,34)(H,32,35). The predicted octanol–water partition coefficient (Wildman–Crippen LogP) is 2.34. The smallest absolute Gasteiger partial charge is 0.372 e. The number of anilines is 1. The number of aromatic nitrogens is 4. The van der Waals surface area contributed by atoms with Gasteiger partial charge in [-0.15, -0.1) is 0 Å². The largest absolute Gasteiger partial charge is 0.428 e. The van der Waals surface area contributed by atoms with Crippen LogP contribution in [0.1, 0.15) is 24.2 Å². The van der Waals surface area contributed by atoms with Crippen molar-refractivity contribution in [3.63, 3.8) is 0 Å². The number of benzene rings is 1. The average Bonchev–Trinajstić information content (AvgIpc) is 3.26. The molecule has 0 aliphatic heterocycles. The molecule has 1 aromatic carbocycles. The molecule has 0 unspecified atom stereocenters. The molecule has 192 valence electrons. The second-order valence-electron chi connectivity index (χ2n) is 7.62. The first-order chi connectivity index (χ1) is 16.7. The number of carbonyl (C=O) groups is 1. The van der Waals surface area contributed by atoms with E-state index in [2.05, 4.69) is 20.6 Å². The van der Waals surface area contributed by atoms with E-state index in [1.807, 2.05) is 0 Å². The van der Waals surface area contributed by atoms with E-state index in [9.17, 15) is 41.0 Å². The van der Waals surface area contributed by atoms with E-state index in [0.29, 0.717) is 27.9 Å². The number of hydrogen-bond donors (Lipinski definition) is 3. The van der Waals surface area contributed by atoms with Crippen LogP contribution in [0.3, 0.4) is 0 Å². The minimum absolute atomic E-state index is 0.186. The summed E-state index contributed by atoms with van der Waals surface area (Å²) in [4.78, 5) is 24.4. The summed E-state index contributed by atoms with van der Waals surface area (Å²) in [6.45, 7) is 1.46. The molecule has 0 aliphatic carbocycles. The number of aromatic amines is 1. The van der Waals surface area contributed by atoms with E-state index in [4.69, 9.17) is 0 Å². The Morgan fingerprint density at radius 3 is 2.17 bits per heavy atom. The lowest BCUT2D eigenvalue weighted by Gasteiger charge is -2.31. The van der Waals surface area contributed by atoms with Crippen LogP contribution in [0.15, 0.2) is 41.5 Å². The summed E-state index contributed by atoms with van der Waals surface area (Å²) >= 11 is 0. The molecule has 0 atom stereocenters. The molecule has 3 rings (SSSR count). The fourth-order valence-corrected chi connectivity index (χ4v) is 3.33. The van der Waals surface area contributed by atoms with E-state index in [0.717, 1.165) is 6.20 Å². The maximum atomic E-state index is 12.9. The van der Waals surface area contributed by atoms with Gasteiger partial charge in [0.2, 0.25) is 0 Å². The number of alkyl halides is 6. The highest BCUT2D eigenvalue weighted by atomic mass is 19.4. The Labute approximate surface area is 198 Å². The van der Waals surface area contributed by atoms with Gasteiger partial charge in [0.25, 0.3) is 17.1 Å². The van der Waals surface area contributed by atoms with Crippen LogP contribution >= 0.6 is 0 Å². The minimum atomic E-state index is -6.02. The van der Waals surface area contributed by atoms with Gasteiger partial charge in [-0.2, -0.15) is 36.5 Å². The molecule has 0 aliphatic rings. The van der Waals surface area contributed by atoms with Crippen LogP contribution in [0.25, 0.3) is 23.4 Å². The maximum absolute atomic E-state index is 12.9. The Kier molecular flexibility index (Phi) is 7.11. The Bertz CT molecular complexity index is 1430. The minimum Gasteiger partial charge on any atom is -0.372 e. The molecule has 3 N–H and O–H groups in total. The maximum Gasteiger partial charge on any atom is 0.428 e. The molecule has 0 bridgehead atoms. The molecule has 2 aromatic heterocycles. The lowest BCUT2D eigenvalue weighted by molar-refractivity contribution is -0.372. The van der Waals surface area contributed by atoms with Crippen LogP contribution in [0.5, 0.6) is 0 Å². The number of rotatable bonds is 5. The monoisotopic (exact) mass is 515 g/mol. The quantitative estimate of drug-likeness (QED) is 0.452. The fraction of sp³-hybridized carbons (Fsp3) is 0.273. The van der Waals surface area contributed by atoms with Crippen molar-refractivity contribution < 1.29 is 36.2 Å². The Morgan fingerprint density at radius 2 is 1.64 bits per heavy atom. The summed E-state index contributed by atoms with van der Waals surface area (Å²) in [5.41, 5.74) is -4.40. The molecule has 14 heteroatoms. The number of halogens is 6. The van der Waals surface area contributed by atoms with E-state index in [-0.39, 0.29) is 21.5 Å². The van der Waals surface area contributed by atoms with Gasteiger partial charge < -0.3 is 10.4 Å². The molecule has 0 saturated carbocycles. The second kappa shape index (κ2) is 9.60. The fourth-order valence-electron chi connectivity index (χ4n) is 3.33. The number of amides is 1. The molecule has 0 fully saturated rings. The number of hydrogen-bond acceptors (Lipinski definition) is 5. The van der Waals surface area contributed by atoms with Crippen LogP contribution in [-0.2, 0) is 6.54 Å². The van der Waals surface area contributed by atoms with Gasteiger partial charge >= 0.3 is 12.4 Å². The lowest BCUT2D eigenvalue weighted by atomic mass is 10.0. The first-order valence-electron chi connectivity index (χ1n) is 10.2. The van der Waals surface area contributed by atoms with Gasteiger partial charge in [0, 0.05) is 27.9 Å². The molecular formula is C22H19F6N5O3. The SMILES string of the molecule is CC=c1c(-c2ccc(NC(=O)c3cnn(CC(O)(C(F)(F)F)C(F)(F)F)c3)cc2)n[nH]c(=O)c1=CC. The van der Waals surface area contributed by atoms with E-state index in [1.165, 1.54) is 12.1 Å². The molecular weight excluding hydrogens is 496 g/mol. The highest BCUT2D eigenvalue weighted by Gasteiger charge is 2.70.